The quantitative estimate of drug-likeness (QED) is 0.615. The van der Waals surface area contributed by atoms with Crippen LogP contribution in [0.1, 0.15) is 19.3 Å². The molecule has 0 atom stereocenters. The number of hydrogen-bond acceptors (Lipinski definition) is 4. The Balaban J connectivity index is 2.02. The predicted octanol–water partition coefficient (Wildman–Crippen LogP) is 2.07. The van der Waals surface area contributed by atoms with E-state index in [9.17, 15) is 19.7 Å². The zero-order chi connectivity index (χ0) is 15.4. The SMILES string of the molecule is O=C(O)CCN(C(=O)Nc1cccc([N+](=O)[O-])c1)C1CC1. The molecule has 0 bridgehead atoms. The predicted molar refractivity (Wildman–Crippen MR) is 74.1 cm³/mol. The van der Waals surface area contributed by atoms with E-state index < -0.39 is 16.9 Å². The van der Waals surface area contributed by atoms with E-state index >= 15 is 0 Å². The van der Waals surface area contributed by atoms with Crippen LogP contribution in [-0.2, 0) is 4.79 Å². The molecule has 1 fully saturated rings. The minimum atomic E-state index is -0.969. The summed E-state index contributed by atoms with van der Waals surface area (Å²) < 4.78 is 0. The fraction of sp³-hybridized carbons (Fsp3) is 0.385. The summed E-state index contributed by atoms with van der Waals surface area (Å²) in [6.45, 7) is 0.126. The lowest BCUT2D eigenvalue weighted by atomic mass is 10.3. The molecular formula is C13H15N3O5. The number of benzene rings is 1. The summed E-state index contributed by atoms with van der Waals surface area (Å²) in [6, 6.07) is 5.25. The maximum absolute atomic E-state index is 12.1. The third kappa shape index (κ3) is 4.16. The maximum atomic E-state index is 12.1. The molecule has 21 heavy (non-hydrogen) atoms. The van der Waals surface area contributed by atoms with E-state index in [-0.39, 0.29) is 24.7 Å². The van der Waals surface area contributed by atoms with Gasteiger partial charge in [-0.05, 0) is 18.9 Å². The highest BCUT2D eigenvalue weighted by atomic mass is 16.6. The number of aliphatic carboxylic acids is 1. The second kappa shape index (κ2) is 6.21. The van der Waals surface area contributed by atoms with Crippen LogP contribution in [0.5, 0.6) is 0 Å². The first-order chi connectivity index (χ1) is 9.97. The minimum Gasteiger partial charge on any atom is -0.481 e. The molecule has 1 aliphatic carbocycles. The highest BCUT2D eigenvalue weighted by Gasteiger charge is 2.32. The Kier molecular flexibility index (Phi) is 4.36. The standard InChI is InChI=1S/C13H15N3O5/c17-12(18)6-7-15(10-4-5-10)13(19)14-9-2-1-3-11(8-9)16(20)21/h1-3,8,10H,4-7H2,(H,14,19)(H,17,18). The van der Waals surface area contributed by atoms with Crippen LogP contribution in [0.3, 0.4) is 0 Å². The van der Waals surface area contributed by atoms with Gasteiger partial charge in [0.05, 0.1) is 11.3 Å². The van der Waals surface area contributed by atoms with E-state index in [0.717, 1.165) is 12.8 Å². The van der Waals surface area contributed by atoms with E-state index in [2.05, 4.69) is 5.32 Å². The topological polar surface area (TPSA) is 113 Å². The number of hydrogen-bond donors (Lipinski definition) is 2. The molecule has 0 spiro atoms. The molecule has 0 heterocycles. The van der Waals surface area contributed by atoms with Crippen LogP contribution in [0.25, 0.3) is 0 Å². The van der Waals surface area contributed by atoms with Crippen LogP contribution in [0.15, 0.2) is 24.3 Å². The molecule has 2 N–H and O–H groups in total. The number of non-ortho nitro benzene ring substituents is 1. The zero-order valence-electron chi connectivity index (χ0n) is 11.2. The van der Waals surface area contributed by atoms with Gasteiger partial charge in [-0.2, -0.15) is 0 Å². The van der Waals surface area contributed by atoms with Crippen molar-refractivity contribution >= 4 is 23.4 Å². The molecule has 1 saturated carbocycles. The normalized spacial score (nSPS) is 13.5. The van der Waals surface area contributed by atoms with Crippen molar-refractivity contribution in [1.29, 1.82) is 0 Å². The lowest BCUT2D eigenvalue weighted by Crippen LogP contribution is -2.38. The van der Waals surface area contributed by atoms with Gasteiger partial charge in [0.25, 0.3) is 5.69 Å². The third-order valence-corrected chi connectivity index (χ3v) is 3.12. The monoisotopic (exact) mass is 293 g/mol. The van der Waals surface area contributed by atoms with Crippen molar-refractivity contribution in [2.24, 2.45) is 0 Å². The summed E-state index contributed by atoms with van der Waals surface area (Å²) in [7, 11) is 0. The van der Waals surface area contributed by atoms with Crippen molar-refractivity contribution < 1.29 is 19.6 Å². The van der Waals surface area contributed by atoms with Crippen molar-refractivity contribution in [3.8, 4) is 0 Å². The average Bonchev–Trinajstić information content (AvgIpc) is 3.23. The number of urea groups is 1. The van der Waals surface area contributed by atoms with Crippen molar-refractivity contribution in [1.82, 2.24) is 4.90 Å². The van der Waals surface area contributed by atoms with Crippen molar-refractivity contribution in [2.75, 3.05) is 11.9 Å². The molecule has 0 radical (unpaired) electrons. The summed E-state index contributed by atoms with van der Waals surface area (Å²) in [5, 5.41) is 22.0. The number of rotatable bonds is 6. The van der Waals surface area contributed by atoms with Gasteiger partial charge in [0.1, 0.15) is 0 Å². The van der Waals surface area contributed by atoms with Crippen molar-refractivity contribution in [2.45, 2.75) is 25.3 Å². The number of amides is 2. The van der Waals surface area contributed by atoms with E-state index in [1.165, 1.54) is 23.1 Å². The Morgan fingerprint density at radius 1 is 1.43 bits per heavy atom. The molecule has 112 valence electrons. The number of carbonyl (C=O) groups excluding carboxylic acids is 1. The van der Waals surface area contributed by atoms with E-state index in [1.54, 1.807) is 6.07 Å². The number of carbonyl (C=O) groups is 2. The van der Waals surface area contributed by atoms with E-state index in [0.29, 0.717) is 5.69 Å². The number of nitrogens with one attached hydrogen (secondary N) is 1. The molecule has 1 aromatic carbocycles. The Hall–Kier alpha value is -2.64. The fourth-order valence-electron chi connectivity index (χ4n) is 1.94. The number of nitrogens with zero attached hydrogens (tertiary/aromatic N) is 2. The molecule has 0 aromatic heterocycles. The summed E-state index contributed by atoms with van der Waals surface area (Å²) in [4.78, 5) is 34.4. The Morgan fingerprint density at radius 2 is 2.14 bits per heavy atom. The highest BCUT2D eigenvalue weighted by molar-refractivity contribution is 5.90. The second-order valence-corrected chi connectivity index (χ2v) is 4.81. The minimum absolute atomic E-state index is 0.0584. The van der Waals surface area contributed by atoms with Gasteiger partial charge in [-0.3, -0.25) is 14.9 Å². The van der Waals surface area contributed by atoms with Crippen LogP contribution in [-0.4, -0.2) is 39.5 Å². The number of nitro benzene ring substituents is 1. The number of anilines is 1. The molecule has 2 rings (SSSR count). The lowest BCUT2D eigenvalue weighted by Gasteiger charge is -2.22. The number of carboxylic acid groups (broad SMARTS) is 1. The van der Waals surface area contributed by atoms with Gasteiger partial charge in [-0.15, -0.1) is 0 Å². The van der Waals surface area contributed by atoms with Crippen LogP contribution in [0.2, 0.25) is 0 Å². The van der Waals surface area contributed by atoms with Gasteiger partial charge < -0.3 is 15.3 Å². The second-order valence-electron chi connectivity index (χ2n) is 4.81. The van der Waals surface area contributed by atoms with Gasteiger partial charge in [0.15, 0.2) is 0 Å². The Morgan fingerprint density at radius 3 is 2.71 bits per heavy atom. The number of nitro groups is 1. The van der Waals surface area contributed by atoms with Crippen LogP contribution in [0.4, 0.5) is 16.2 Å². The molecule has 0 saturated heterocycles. The first-order valence-electron chi connectivity index (χ1n) is 6.51. The Bertz CT molecular complexity index is 571. The van der Waals surface area contributed by atoms with Gasteiger partial charge in [0, 0.05) is 30.4 Å². The smallest absolute Gasteiger partial charge is 0.322 e. The highest BCUT2D eigenvalue weighted by Crippen LogP contribution is 2.28. The van der Waals surface area contributed by atoms with Crippen molar-refractivity contribution in [3.05, 3.63) is 34.4 Å². The summed E-state index contributed by atoms with van der Waals surface area (Å²) in [5.41, 5.74) is 0.200. The first-order valence-corrected chi connectivity index (χ1v) is 6.51. The van der Waals surface area contributed by atoms with Crippen LogP contribution in [0, 0.1) is 10.1 Å². The molecular weight excluding hydrogens is 278 g/mol. The third-order valence-electron chi connectivity index (χ3n) is 3.12. The lowest BCUT2D eigenvalue weighted by molar-refractivity contribution is -0.384. The van der Waals surface area contributed by atoms with Gasteiger partial charge in [-0.25, -0.2) is 4.79 Å². The van der Waals surface area contributed by atoms with E-state index in [4.69, 9.17) is 5.11 Å². The van der Waals surface area contributed by atoms with Gasteiger partial charge >= 0.3 is 12.0 Å². The van der Waals surface area contributed by atoms with Gasteiger partial charge in [0.2, 0.25) is 0 Å². The Labute approximate surface area is 120 Å². The van der Waals surface area contributed by atoms with Crippen molar-refractivity contribution in [3.63, 3.8) is 0 Å². The van der Waals surface area contributed by atoms with Crippen LogP contribution < -0.4 is 5.32 Å². The average molecular weight is 293 g/mol. The fourth-order valence-corrected chi connectivity index (χ4v) is 1.94. The first kappa shape index (κ1) is 14.8. The molecule has 2 amide bonds. The summed E-state index contributed by atoms with van der Waals surface area (Å²) in [6.07, 6.45) is 1.57. The molecule has 0 aliphatic heterocycles. The summed E-state index contributed by atoms with van der Waals surface area (Å²) in [5.74, 6) is -0.969. The van der Waals surface area contributed by atoms with Crippen LogP contribution >= 0.6 is 0 Å². The number of carboxylic acids is 1. The molecule has 1 aromatic rings. The molecule has 0 unspecified atom stereocenters. The summed E-state index contributed by atoms with van der Waals surface area (Å²) >= 11 is 0. The largest absolute Gasteiger partial charge is 0.481 e. The maximum Gasteiger partial charge on any atom is 0.322 e. The van der Waals surface area contributed by atoms with E-state index in [1.807, 2.05) is 0 Å². The molecule has 8 nitrogen and oxygen atoms in total. The zero-order valence-corrected chi connectivity index (χ0v) is 11.2. The molecule has 1 aliphatic rings. The van der Waals surface area contributed by atoms with Gasteiger partial charge in [-0.1, -0.05) is 6.07 Å². The molecule has 8 heteroatoms.